The molecule has 0 unspecified atom stereocenters. The first kappa shape index (κ1) is 19.4. The van der Waals surface area contributed by atoms with E-state index in [4.69, 9.17) is 11.2 Å². The zero-order valence-corrected chi connectivity index (χ0v) is 17.6. The van der Waals surface area contributed by atoms with Crippen molar-refractivity contribution in [1.29, 1.82) is 5.26 Å². The van der Waals surface area contributed by atoms with Crippen LogP contribution in [0.3, 0.4) is 0 Å². The predicted molar refractivity (Wildman–Crippen MR) is 126 cm³/mol. The molecule has 0 saturated carbocycles. The molecule has 142 valence electrons. The van der Waals surface area contributed by atoms with E-state index in [9.17, 15) is 5.26 Å². The number of nitrogens with zero attached hydrogens (tertiary/aromatic N) is 1. The first-order chi connectivity index (χ1) is 14.1. The Hall–Kier alpha value is -2.91. The summed E-state index contributed by atoms with van der Waals surface area (Å²) in [5.74, 6) is -3.35. The average Bonchev–Trinajstić information content (AvgIpc) is 2.81. The summed E-state index contributed by atoms with van der Waals surface area (Å²) in [5, 5.41) is 12.8. The van der Waals surface area contributed by atoms with Crippen molar-refractivity contribution in [2.45, 2.75) is 6.16 Å². The molecule has 0 atom stereocenters. The number of benzene rings is 4. The molecule has 0 spiro atoms. The number of nitriles is 1. The second-order valence-electron chi connectivity index (χ2n) is 7.16. The summed E-state index contributed by atoms with van der Waals surface area (Å²) in [6.45, 7) is 0. The monoisotopic (exact) mass is 413 g/mol. The molecule has 0 bridgehead atoms. The Morgan fingerprint density at radius 2 is 1.07 bits per heavy atom. The molecule has 0 aliphatic rings. The van der Waals surface area contributed by atoms with Crippen LogP contribution in [-0.4, -0.2) is 0 Å². The van der Waals surface area contributed by atoms with Crippen molar-refractivity contribution in [1.82, 2.24) is 0 Å². The van der Waals surface area contributed by atoms with E-state index in [0.29, 0.717) is 11.7 Å². The molecule has 0 saturated heterocycles. The van der Waals surface area contributed by atoms with Crippen molar-refractivity contribution in [3.63, 3.8) is 0 Å². The first-order valence-corrected chi connectivity index (χ1v) is 12.9. The molecule has 0 aromatic heterocycles. The Kier molecular flexibility index (Phi) is 5.25. The third kappa shape index (κ3) is 3.36. The maximum atomic E-state index is 9.40. The molecular formula is C26H21ClNP. The number of halogens is 1. The van der Waals surface area contributed by atoms with Gasteiger partial charge in [-0.2, -0.15) is 0 Å². The average molecular weight is 414 g/mol. The van der Waals surface area contributed by atoms with E-state index in [-0.39, 0.29) is 0 Å². The SMILES string of the molecule is N#Cc1cccc(CP(Cl)(c2ccccc2)(c2ccccc2)c2ccccc2)c1. The normalized spacial score (nSPS) is 12.5. The fourth-order valence-corrected chi connectivity index (χ4v) is 10.2. The van der Waals surface area contributed by atoms with Crippen LogP contribution >= 0.6 is 17.2 Å². The molecule has 0 heterocycles. The van der Waals surface area contributed by atoms with Gasteiger partial charge in [-0.05, 0) is 0 Å². The summed E-state index contributed by atoms with van der Waals surface area (Å²) < 4.78 is 0. The molecule has 29 heavy (non-hydrogen) atoms. The molecule has 4 aromatic carbocycles. The Bertz CT molecular complexity index is 1050. The molecule has 0 aliphatic carbocycles. The number of rotatable bonds is 5. The van der Waals surface area contributed by atoms with Crippen molar-refractivity contribution in [2.75, 3.05) is 0 Å². The number of hydrogen-bond donors (Lipinski definition) is 0. The van der Waals surface area contributed by atoms with Gasteiger partial charge in [-0.3, -0.25) is 0 Å². The van der Waals surface area contributed by atoms with E-state index in [1.54, 1.807) is 0 Å². The minimum absolute atomic E-state index is 0.640. The van der Waals surface area contributed by atoms with E-state index in [0.717, 1.165) is 21.5 Å². The van der Waals surface area contributed by atoms with Crippen LogP contribution in [0.1, 0.15) is 11.1 Å². The van der Waals surface area contributed by atoms with Gasteiger partial charge in [0.05, 0.1) is 0 Å². The third-order valence-corrected chi connectivity index (χ3v) is 12.6. The molecule has 0 amide bonds. The number of hydrogen-bond acceptors (Lipinski definition) is 1. The minimum atomic E-state index is -3.35. The van der Waals surface area contributed by atoms with Crippen molar-refractivity contribution < 1.29 is 0 Å². The molecular weight excluding hydrogens is 393 g/mol. The van der Waals surface area contributed by atoms with Crippen molar-refractivity contribution in [2.24, 2.45) is 0 Å². The molecule has 4 rings (SSSR count). The van der Waals surface area contributed by atoms with Crippen molar-refractivity contribution in [3.8, 4) is 6.07 Å². The van der Waals surface area contributed by atoms with Gasteiger partial charge < -0.3 is 0 Å². The van der Waals surface area contributed by atoms with Crippen LogP contribution in [0.15, 0.2) is 115 Å². The molecule has 0 radical (unpaired) electrons. The third-order valence-electron chi connectivity index (χ3n) is 5.42. The molecule has 1 nitrogen and oxygen atoms in total. The molecule has 0 N–H and O–H groups in total. The summed E-state index contributed by atoms with van der Waals surface area (Å²) in [7, 11) is 0. The van der Waals surface area contributed by atoms with Gasteiger partial charge in [-0.25, -0.2) is 0 Å². The molecule has 4 aromatic rings. The topological polar surface area (TPSA) is 23.8 Å². The Morgan fingerprint density at radius 1 is 0.621 bits per heavy atom. The first-order valence-electron chi connectivity index (χ1n) is 9.54. The van der Waals surface area contributed by atoms with Gasteiger partial charge in [-0.15, -0.1) is 0 Å². The van der Waals surface area contributed by atoms with Crippen molar-refractivity contribution >= 4 is 33.1 Å². The quantitative estimate of drug-likeness (QED) is 0.382. The Labute approximate surface area is 176 Å². The summed E-state index contributed by atoms with van der Waals surface area (Å²) in [6.07, 6.45) is 0.640. The zero-order valence-electron chi connectivity index (χ0n) is 15.9. The summed E-state index contributed by atoms with van der Waals surface area (Å²) >= 11 is 8.05. The van der Waals surface area contributed by atoms with Crippen LogP contribution in [0.2, 0.25) is 0 Å². The van der Waals surface area contributed by atoms with Crippen LogP contribution in [0.5, 0.6) is 0 Å². The molecule has 0 fully saturated rings. The summed E-state index contributed by atoms with van der Waals surface area (Å²) in [6, 6.07) is 41.3. The Morgan fingerprint density at radius 3 is 1.48 bits per heavy atom. The van der Waals surface area contributed by atoms with E-state index in [1.165, 1.54) is 0 Å². The van der Waals surface area contributed by atoms with E-state index >= 15 is 0 Å². The van der Waals surface area contributed by atoms with Gasteiger partial charge in [0.25, 0.3) is 0 Å². The van der Waals surface area contributed by atoms with Gasteiger partial charge in [-0.1, -0.05) is 0 Å². The van der Waals surface area contributed by atoms with E-state index in [2.05, 4.69) is 84.9 Å². The van der Waals surface area contributed by atoms with Gasteiger partial charge in [0.15, 0.2) is 0 Å². The fraction of sp³-hybridized carbons (Fsp3) is 0.0385. The maximum absolute atomic E-state index is 9.40. The van der Waals surface area contributed by atoms with Gasteiger partial charge in [0.1, 0.15) is 0 Å². The molecule has 3 heteroatoms. The summed E-state index contributed by atoms with van der Waals surface area (Å²) in [5.41, 5.74) is 1.71. The van der Waals surface area contributed by atoms with Gasteiger partial charge in [0, 0.05) is 0 Å². The zero-order chi connectivity index (χ0) is 20.2. The predicted octanol–water partition coefficient (Wildman–Crippen LogP) is 5.74. The van der Waals surface area contributed by atoms with Crippen LogP contribution < -0.4 is 15.9 Å². The van der Waals surface area contributed by atoms with Crippen LogP contribution in [0.25, 0.3) is 0 Å². The second-order valence-corrected chi connectivity index (χ2v) is 13.6. The van der Waals surface area contributed by atoms with Crippen molar-refractivity contribution in [3.05, 3.63) is 126 Å². The second kappa shape index (κ2) is 7.84. The molecule has 0 aliphatic heterocycles. The van der Waals surface area contributed by atoms with Crippen LogP contribution in [-0.2, 0) is 6.16 Å². The van der Waals surface area contributed by atoms with Crippen LogP contribution in [0.4, 0.5) is 0 Å². The van der Waals surface area contributed by atoms with E-state index in [1.807, 2.05) is 36.4 Å². The van der Waals surface area contributed by atoms with Gasteiger partial charge in [0.2, 0.25) is 0 Å². The fourth-order valence-electron chi connectivity index (χ4n) is 4.02. The van der Waals surface area contributed by atoms with Gasteiger partial charge >= 0.3 is 177 Å². The van der Waals surface area contributed by atoms with E-state index < -0.39 is 5.96 Å². The standard InChI is InChI=1S/C26H21ClNP/c27-29(24-13-4-1-5-14-24,25-15-6-2-7-16-25,26-17-8-3-9-18-26)21-23-12-10-11-22(19-23)20-28/h1-19H,21H2. The van der Waals surface area contributed by atoms with Crippen LogP contribution in [0, 0.1) is 11.3 Å². The summed E-state index contributed by atoms with van der Waals surface area (Å²) in [4.78, 5) is 0. The Balaban J connectivity index is 2.08.